The second-order valence-corrected chi connectivity index (χ2v) is 9.05. The molecular weight excluding hydrogens is 357 g/mol. The summed E-state index contributed by atoms with van der Waals surface area (Å²) in [6.07, 6.45) is 0. The number of aromatic nitrogens is 1. The molecule has 29 heavy (non-hydrogen) atoms. The molecule has 1 aliphatic rings. The summed E-state index contributed by atoms with van der Waals surface area (Å²) in [5.41, 5.74) is 5.14. The molecular formula is C25H26BNO2. The summed E-state index contributed by atoms with van der Waals surface area (Å²) in [6, 6.07) is 23.8. The minimum atomic E-state index is -0.367. The Bertz CT molecular complexity index is 1210. The van der Waals surface area contributed by atoms with Crippen LogP contribution >= 0.6 is 0 Å². The van der Waals surface area contributed by atoms with Gasteiger partial charge >= 0.3 is 7.12 Å². The highest BCUT2D eigenvalue weighted by molar-refractivity contribution is 6.62. The zero-order valence-corrected chi connectivity index (χ0v) is 17.7. The number of hydrogen-bond donors (Lipinski definition) is 0. The Morgan fingerprint density at radius 3 is 2.03 bits per heavy atom. The highest BCUT2D eigenvalue weighted by Gasteiger charge is 2.51. The average Bonchev–Trinajstić information content (AvgIpc) is 3.12. The highest BCUT2D eigenvalue weighted by atomic mass is 16.7. The fourth-order valence-electron chi connectivity index (χ4n) is 4.09. The van der Waals surface area contributed by atoms with Gasteiger partial charge in [-0.25, -0.2) is 0 Å². The van der Waals surface area contributed by atoms with Crippen LogP contribution in [0.5, 0.6) is 0 Å². The number of hydrogen-bond acceptors (Lipinski definition) is 2. The summed E-state index contributed by atoms with van der Waals surface area (Å²) in [5, 5.41) is 2.49. The molecule has 0 atom stereocenters. The van der Waals surface area contributed by atoms with Crippen LogP contribution in [0, 0.1) is 6.92 Å². The normalized spacial score (nSPS) is 18.0. The molecule has 3 aromatic carbocycles. The first-order chi connectivity index (χ1) is 13.8. The minimum absolute atomic E-state index is 0.351. The van der Waals surface area contributed by atoms with Crippen molar-refractivity contribution in [2.75, 3.05) is 0 Å². The zero-order valence-electron chi connectivity index (χ0n) is 17.7. The van der Waals surface area contributed by atoms with Crippen molar-refractivity contribution in [3.63, 3.8) is 0 Å². The topological polar surface area (TPSA) is 23.4 Å². The molecule has 1 aromatic heterocycles. The van der Waals surface area contributed by atoms with Gasteiger partial charge in [-0.15, -0.1) is 0 Å². The standard InChI is InChI=1S/C25H26BNO2/c1-17-10-13-19(14-11-17)27-22-9-7-6-8-20(22)21-15-12-18(16-23(21)27)26-28-24(2,3)25(4,5)29-26/h6-16H,1-5H3. The molecule has 0 radical (unpaired) electrons. The van der Waals surface area contributed by atoms with E-state index in [1.54, 1.807) is 0 Å². The van der Waals surface area contributed by atoms with Gasteiger partial charge in [0.25, 0.3) is 0 Å². The van der Waals surface area contributed by atoms with Crippen LogP contribution in [0.3, 0.4) is 0 Å². The molecule has 0 N–H and O–H groups in total. The Kier molecular flexibility index (Phi) is 3.96. The average molecular weight is 383 g/mol. The molecule has 4 heteroatoms. The summed E-state index contributed by atoms with van der Waals surface area (Å²) >= 11 is 0. The van der Waals surface area contributed by atoms with E-state index < -0.39 is 0 Å². The lowest BCUT2D eigenvalue weighted by molar-refractivity contribution is 0.00578. The maximum absolute atomic E-state index is 6.30. The molecule has 0 bridgehead atoms. The van der Waals surface area contributed by atoms with E-state index in [1.807, 2.05) is 0 Å². The van der Waals surface area contributed by atoms with Gasteiger partial charge in [-0.2, -0.15) is 0 Å². The van der Waals surface area contributed by atoms with E-state index in [-0.39, 0.29) is 18.3 Å². The molecule has 5 rings (SSSR count). The maximum Gasteiger partial charge on any atom is 0.494 e. The molecule has 0 saturated carbocycles. The van der Waals surface area contributed by atoms with Crippen molar-refractivity contribution in [1.82, 2.24) is 4.57 Å². The van der Waals surface area contributed by atoms with Gasteiger partial charge in [0.1, 0.15) is 0 Å². The van der Waals surface area contributed by atoms with Crippen LogP contribution in [0.15, 0.2) is 66.7 Å². The first kappa shape index (κ1) is 18.5. The minimum Gasteiger partial charge on any atom is -0.399 e. The predicted molar refractivity (Wildman–Crippen MR) is 121 cm³/mol. The lowest BCUT2D eigenvalue weighted by atomic mass is 9.79. The van der Waals surface area contributed by atoms with Crippen LogP contribution < -0.4 is 5.46 Å². The first-order valence-electron chi connectivity index (χ1n) is 10.2. The molecule has 0 unspecified atom stereocenters. The van der Waals surface area contributed by atoms with E-state index in [2.05, 4.69) is 106 Å². The fraction of sp³-hybridized carbons (Fsp3) is 0.280. The summed E-state index contributed by atoms with van der Waals surface area (Å²) in [6.45, 7) is 10.5. The van der Waals surface area contributed by atoms with Gasteiger partial charge in [0.2, 0.25) is 0 Å². The van der Waals surface area contributed by atoms with E-state index in [1.165, 1.54) is 27.4 Å². The van der Waals surface area contributed by atoms with E-state index in [0.29, 0.717) is 0 Å². The molecule has 1 saturated heterocycles. The third-order valence-corrected chi connectivity index (χ3v) is 6.52. The predicted octanol–water partition coefficient (Wildman–Crippen LogP) is 5.39. The SMILES string of the molecule is Cc1ccc(-n2c3ccccc3c3ccc(B4OC(C)(C)C(C)(C)O4)cc32)cc1. The number of rotatable bonds is 2. The van der Waals surface area contributed by atoms with Crippen molar-refractivity contribution in [3.05, 3.63) is 72.3 Å². The quantitative estimate of drug-likeness (QED) is 0.433. The molecule has 1 fully saturated rings. The molecule has 1 aliphatic heterocycles. The van der Waals surface area contributed by atoms with Crippen LogP contribution in [0.1, 0.15) is 33.3 Å². The van der Waals surface area contributed by atoms with Crippen LogP contribution in [-0.2, 0) is 9.31 Å². The Morgan fingerprint density at radius 2 is 1.34 bits per heavy atom. The molecule has 0 amide bonds. The van der Waals surface area contributed by atoms with E-state index in [9.17, 15) is 0 Å². The van der Waals surface area contributed by atoms with E-state index in [4.69, 9.17) is 9.31 Å². The lowest BCUT2D eigenvalue weighted by Gasteiger charge is -2.32. The molecule has 4 aromatic rings. The Morgan fingerprint density at radius 1 is 0.724 bits per heavy atom. The Labute approximate surface area is 172 Å². The maximum atomic E-state index is 6.30. The second-order valence-electron chi connectivity index (χ2n) is 9.05. The Balaban J connectivity index is 1.73. The molecule has 3 nitrogen and oxygen atoms in total. The summed E-state index contributed by atoms with van der Waals surface area (Å²) < 4.78 is 14.9. The van der Waals surface area contributed by atoms with Crippen molar-refractivity contribution >= 4 is 34.4 Å². The van der Waals surface area contributed by atoms with Gasteiger partial charge in [0.05, 0.1) is 22.2 Å². The fourth-order valence-corrected chi connectivity index (χ4v) is 4.09. The summed E-state index contributed by atoms with van der Waals surface area (Å²) in [5.74, 6) is 0. The smallest absolute Gasteiger partial charge is 0.399 e. The number of nitrogens with zero attached hydrogens (tertiary/aromatic N) is 1. The third-order valence-electron chi connectivity index (χ3n) is 6.52. The van der Waals surface area contributed by atoms with Gasteiger partial charge < -0.3 is 13.9 Å². The molecule has 2 heterocycles. The van der Waals surface area contributed by atoms with Crippen molar-refractivity contribution in [2.45, 2.75) is 45.8 Å². The third kappa shape index (κ3) is 2.82. The number of para-hydroxylation sites is 1. The highest BCUT2D eigenvalue weighted by Crippen LogP contribution is 2.37. The van der Waals surface area contributed by atoms with Crippen LogP contribution in [0.2, 0.25) is 0 Å². The van der Waals surface area contributed by atoms with Gasteiger partial charge in [-0.3, -0.25) is 0 Å². The van der Waals surface area contributed by atoms with Gasteiger partial charge in [0.15, 0.2) is 0 Å². The largest absolute Gasteiger partial charge is 0.494 e. The van der Waals surface area contributed by atoms with Crippen molar-refractivity contribution in [2.24, 2.45) is 0 Å². The van der Waals surface area contributed by atoms with Crippen molar-refractivity contribution < 1.29 is 9.31 Å². The summed E-state index contributed by atoms with van der Waals surface area (Å²) in [4.78, 5) is 0. The second kappa shape index (κ2) is 6.22. The molecule has 146 valence electrons. The van der Waals surface area contributed by atoms with E-state index in [0.717, 1.165) is 11.2 Å². The number of benzene rings is 3. The summed E-state index contributed by atoms with van der Waals surface area (Å²) in [7, 11) is -0.367. The van der Waals surface area contributed by atoms with Crippen molar-refractivity contribution in [1.29, 1.82) is 0 Å². The monoisotopic (exact) mass is 383 g/mol. The van der Waals surface area contributed by atoms with Gasteiger partial charge in [-0.05, 0) is 64.3 Å². The first-order valence-corrected chi connectivity index (χ1v) is 10.2. The number of fused-ring (bicyclic) bond motifs is 3. The van der Waals surface area contributed by atoms with Crippen LogP contribution in [0.4, 0.5) is 0 Å². The zero-order chi connectivity index (χ0) is 20.4. The van der Waals surface area contributed by atoms with Gasteiger partial charge in [0, 0.05) is 16.5 Å². The molecule has 0 aliphatic carbocycles. The van der Waals surface area contributed by atoms with E-state index >= 15 is 0 Å². The van der Waals surface area contributed by atoms with Crippen molar-refractivity contribution in [3.8, 4) is 5.69 Å². The van der Waals surface area contributed by atoms with Crippen LogP contribution in [-0.4, -0.2) is 22.9 Å². The number of aryl methyl sites for hydroxylation is 1. The molecule has 0 spiro atoms. The Hall–Kier alpha value is -2.56. The van der Waals surface area contributed by atoms with Crippen LogP contribution in [0.25, 0.3) is 27.5 Å². The lowest BCUT2D eigenvalue weighted by Crippen LogP contribution is -2.41. The van der Waals surface area contributed by atoms with Gasteiger partial charge in [-0.1, -0.05) is 48.0 Å².